The van der Waals surface area contributed by atoms with Gasteiger partial charge in [-0.3, -0.25) is 4.98 Å². The molecule has 14 heavy (non-hydrogen) atoms. The van der Waals surface area contributed by atoms with E-state index in [4.69, 9.17) is 11.1 Å². The minimum absolute atomic E-state index is 0.263. The molecule has 0 aliphatic heterocycles. The van der Waals surface area contributed by atoms with Gasteiger partial charge in [0.15, 0.2) is 0 Å². The highest BCUT2D eigenvalue weighted by atomic mass is 16.5. The number of rotatable bonds is 2. The number of carbonyl (C=O) groups is 1. The molecule has 0 atom stereocenters. The number of methoxy groups -OCH3 is 1. The van der Waals surface area contributed by atoms with Gasteiger partial charge in [-0.25, -0.2) is 4.79 Å². The summed E-state index contributed by atoms with van der Waals surface area (Å²) in [7, 11) is 1.29. The van der Waals surface area contributed by atoms with E-state index in [2.05, 4.69) is 9.72 Å². The summed E-state index contributed by atoms with van der Waals surface area (Å²) in [6, 6.07) is 1.45. The Labute approximate surface area is 81.4 Å². The normalized spacial score (nSPS) is 9.57. The number of nitrogens with one attached hydrogen (secondary N) is 1. The number of nitrogen functional groups attached to an aromatic ring is 1. The Hall–Kier alpha value is -1.91. The summed E-state index contributed by atoms with van der Waals surface area (Å²) in [5, 5.41) is 7.34. The van der Waals surface area contributed by atoms with Crippen molar-refractivity contribution in [2.45, 2.75) is 6.92 Å². The van der Waals surface area contributed by atoms with Gasteiger partial charge in [-0.05, 0) is 13.0 Å². The van der Waals surface area contributed by atoms with Gasteiger partial charge in [0.25, 0.3) is 0 Å². The standard InChI is InChI=1S/C9H11N3O2/c1-5(10)8-7(11)3-6(4-12-8)9(13)14-2/h3-4,10H,11H2,1-2H3. The highest BCUT2D eigenvalue weighted by Crippen LogP contribution is 2.12. The Morgan fingerprint density at radius 2 is 2.29 bits per heavy atom. The topological polar surface area (TPSA) is 89.1 Å². The third-order valence-corrected chi connectivity index (χ3v) is 1.69. The number of ether oxygens (including phenoxy) is 1. The van der Waals surface area contributed by atoms with Crippen LogP contribution in [0, 0.1) is 5.41 Å². The molecule has 0 bridgehead atoms. The maximum Gasteiger partial charge on any atom is 0.339 e. The number of carbonyl (C=O) groups excluding carboxylic acids is 1. The summed E-state index contributed by atoms with van der Waals surface area (Å²) < 4.78 is 4.50. The average Bonchev–Trinajstić information content (AvgIpc) is 2.15. The second-order valence-corrected chi connectivity index (χ2v) is 2.78. The van der Waals surface area contributed by atoms with Crippen LogP contribution in [0.2, 0.25) is 0 Å². The lowest BCUT2D eigenvalue weighted by Gasteiger charge is -2.04. The Balaban J connectivity index is 3.12. The lowest BCUT2D eigenvalue weighted by molar-refractivity contribution is 0.0600. The van der Waals surface area contributed by atoms with Crippen molar-refractivity contribution in [2.75, 3.05) is 12.8 Å². The number of anilines is 1. The van der Waals surface area contributed by atoms with E-state index >= 15 is 0 Å². The van der Waals surface area contributed by atoms with E-state index in [9.17, 15) is 4.79 Å². The SMILES string of the molecule is COC(=O)c1cnc(C(C)=N)c(N)c1. The molecule has 0 saturated heterocycles. The van der Waals surface area contributed by atoms with E-state index in [1.807, 2.05) is 0 Å². The second-order valence-electron chi connectivity index (χ2n) is 2.78. The monoisotopic (exact) mass is 193 g/mol. The fourth-order valence-electron chi connectivity index (χ4n) is 1.02. The third kappa shape index (κ3) is 1.87. The number of aromatic nitrogens is 1. The Morgan fingerprint density at radius 3 is 2.71 bits per heavy atom. The van der Waals surface area contributed by atoms with Crippen LogP contribution in [-0.2, 0) is 4.74 Å². The minimum atomic E-state index is -0.488. The van der Waals surface area contributed by atoms with Crippen molar-refractivity contribution in [3.63, 3.8) is 0 Å². The highest BCUT2D eigenvalue weighted by molar-refractivity contribution is 6.00. The van der Waals surface area contributed by atoms with Crippen molar-refractivity contribution in [2.24, 2.45) is 0 Å². The zero-order valence-corrected chi connectivity index (χ0v) is 8.00. The first-order chi connectivity index (χ1) is 6.56. The van der Waals surface area contributed by atoms with Crippen LogP contribution in [0.1, 0.15) is 23.0 Å². The molecule has 1 heterocycles. The molecular weight excluding hydrogens is 182 g/mol. The largest absolute Gasteiger partial charge is 0.465 e. The molecule has 0 amide bonds. The highest BCUT2D eigenvalue weighted by Gasteiger charge is 2.09. The lowest BCUT2D eigenvalue weighted by atomic mass is 10.2. The van der Waals surface area contributed by atoms with Crippen LogP contribution >= 0.6 is 0 Å². The molecular formula is C9H11N3O2. The number of pyridine rings is 1. The molecule has 0 aromatic carbocycles. The first-order valence-corrected chi connectivity index (χ1v) is 3.95. The number of hydrogen-bond acceptors (Lipinski definition) is 5. The van der Waals surface area contributed by atoms with Gasteiger partial charge in [0.1, 0.15) is 5.69 Å². The van der Waals surface area contributed by atoms with Gasteiger partial charge in [-0.1, -0.05) is 0 Å². The van der Waals surface area contributed by atoms with Crippen LogP contribution in [0.5, 0.6) is 0 Å². The molecule has 1 aromatic heterocycles. The number of nitrogens with two attached hydrogens (primary N) is 1. The second kappa shape index (κ2) is 3.87. The van der Waals surface area contributed by atoms with Gasteiger partial charge in [0, 0.05) is 6.20 Å². The Bertz CT molecular complexity index is 388. The summed E-state index contributed by atoms with van der Waals surface area (Å²) in [6.45, 7) is 1.58. The fraction of sp³-hybridized carbons (Fsp3) is 0.222. The van der Waals surface area contributed by atoms with E-state index in [0.29, 0.717) is 11.4 Å². The third-order valence-electron chi connectivity index (χ3n) is 1.69. The average molecular weight is 193 g/mol. The number of hydrogen-bond donors (Lipinski definition) is 2. The summed E-state index contributed by atoms with van der Waals surface area (Å²) in [4.78, 5) is 15.0. The molecule has 0 unspecified atom stereocenters. The van der Waals surface area contributed by atoms with Gasteiger partial charge >= 0.3 is 5.97 Å². The van der Waals surface area contributed by atoms with Crippen LogP contribution in [0.25, 0.3) is 0 Å². The van der Waals surface area contributed by atoms with E-state index in [1.165, 1.54) is 19.4 Å². The van der Waals surface area contributed by atoms with Gasteiger partial charge in [0.05, 0.1) is 24.1 Å². The van der Waals surface area contributed by atoms with Gasteiger partial charge in [-0.2, -0.15) is 0 Å². The smallest absolute Gasteiger partial charge is 0.339 e. The summed E-state index contributed by atoms with van der Waals surface area (Å²) >= 11 is 0. The molecule has 0 radical (unpaired) electrons. The summed E-state index contributed by atoms with van der Waals surface area (Å²) in [6.07, 6.45) is 1.34. The molecule has 1 rings (SSSR count). The lowest BCUT2D eigenvalue weighted by Crippen LogP contribution is -2.08. The first kappa shape index (κ1) is 10.2. The molecule has 1 aromatic rings. The van der Waals surface area contributed by atoms with Crippen LogP contribution < -0.4 is 5.73 Å². The number of nitrogens with zero attached hydrogens (tertiary/aromatic N) is 1. The quantitative estimate of drug-likeness (QED) is 0.538. The maximum atomic E-state index is 11.1. The predicted octanol–water partition coefficient (Wildman–Crippen LogP) is 0.838. The van der Waals surface area contributed by atoms with Crippen LogP contribution in [-0.4, -0.2) is 23.8 Å². The summed E-state index contributed by atoms with van der Waals surface area (Å²) in [5.41, 5.74) is 6.85. The van der Waals surface area contributed by atoms with Crippen LogP contribution in [0.4, 0.5) is 5.69 Å². The van der Waals surface area contributed by atoms with Crippen molar-refractivity contribution in [3.05, 3.63) is 23.5 Å². The minimum Gasteiger partial charge on any atom is -0.465 e. The Kier molecular flexibility index (Phi) is 2.81. The van der Waals surface area contributed by atoms with Gasteiger partial charge in [-0.15, -0.1) is 0 Å². The molecule has 0 aliphatic rings. The van der Waals surface area contributed by atoms with Gasteiger partial charge in [0.2, 0.25) is 0 Å². The van der Waals surface area contributed by atoms with Crippen molar-refractivity contribution >= 4 is 17.4 Å². The van der Waals surface area contributed by atoms with Crippen molar-refractivity contribution in [1.29, 1.82) is 5.41 Å². The Morgan fingerprint density at radius 1 is 1.64 bits per heavy atom. The first-order valence-electron chi connectivity index (χ1n) is 3.95. The van der Waals surface area contributed by atoms with Crippen molar-refractivity contribution in [3.8, 4) is 0 Å². The maximum absolute atomic E-state index is 11.1. The van der Waals surface area contributed by atoms with Gasteiger partial charge < -0.3 is 15.9 Å². The zero-order chi connectivity index (χ0) is 10.7. The molecule has 5 heteroatoms. The molecule has 0 saturated carbocycles. The van der Waals surface area contributed by atoms with Crippen LogP contribution in [0.3, 0.4) is 0 Å². The molecule has 0 aliphatic carbocycles. The van der Waals surface area contributed by atoms with E-state index in [1.54, 1.807) is 6.92 Å². The fourth-order valence-corrected chi connectivity index (χ4v) is 1.02. The van der Waals surface area contributed by atoms with Crippen LogP contribution in [0.15, 0.2) is 12.3 Å². The predicted molar refractivity (Wildman–Crippen MR) is 52.5 cm³/mol. The van der Waals surface area contributed by atoms with Crippen molar-refractivity contribution < 1.29 is 9.53 Å². The van der Waals surface area contributed by atoms with Crippen molar-refractivity contribution in [1.82, 2.24) is 4.98 Å². The number of esters is 1. The van der Waals surface area contributed by atoms with E-state index < -0.39 is 5.97 Å². The molecule has 0 spiro atoms. The molecule has 5 nitrogen and oxygen atoms in total. The van der Waals surface area contributed by atoms with E-state index in [-0.39, 0.29) is 11.3 Å². The molecule has 3 N–H and O–H groups in total. The molecule has 74 valence electrons. The zero-order valence-electron chi connectivity index (χ0n) is 8.00. The molecule has 0 fully saturated rings. The summed E-state index contributed by atoms with van der Waals surface area (Å²) in [5.74, 6) is -0.488. The van der Waals surface area contributed by atoms with E-state index in [0.717, 1.165) is 0 Å².